The van der Waals surface area contributed by atoms with E-state index in [1.54, 1.807) is 0 Å². The van der Waals surface area contributed by atoms with E-state index in [1.807, 2.05) is 6.92 Å². The molecule has 0 bridgehead atoms. The number of ether oxygens (including phenoxy) is 2. The van der Waals surface area contributed by atoms with Gasteiger partial charge in [0.15, 0.2) is 0 Å². The van der Waals surface area contributed by atoms with Crippen LogP contribution in [-0.4, -0.2) is 37.4 Å². The van der Waals surface area contributed by atoms with Crippen LogP contribution in [0.25, 0.3) is 0 Å². The average Bonchev–Trinajstić information content (AvgIpc) is 2.84. The summed E-state index contributed by atoms with van der Waals surface area (Å²) < 4.78 is 11.4. The Labute approximate surface area is 103 Å². The first-order chi connectivity index (χ1) is 8.28. The van der Waals surface area contributed by atoms with Crippen molar-refractivity contribution in [2.24, 2.45) is 0 Å². The van der Waals surface area contributed by atoms with Gasteiger partial charge in [0.25, 0.3) is 0 Å². The molecular formula is C13H23NO3. The number of hydrogen-bond donors (Lipinski definition) is 1. The Kier molecular flexibility index (Phi) is 4.80. The Morgan fingerprint density at radius 1 is 1.12 bits per heavy atom. The number of carbonyl (C=O) groups excluding carboxylic acids is 1. The van der Waals surface area contributed by atoms with Gasteiger partial charge in [0.1, 0.15) is 6.10 Å². The van der Waals surface area contributed by atoms with Gasteiger partial charge < -0.3 is 14.8 Å². The molecule has 1 atom stereocenters. The van der Waals surface area contributed by atoms with Crippen molar-refractivity contribution in [3.63, 3.8) is 0 Å². The highest BCUT2D eigenvalue weighted by atomic mass is 16.5. The second-order valence-corrected chi connectivity index (χ2v) is 4.99. The molecule has 4 heteroatoms. The average molecular weight is 241 g/mol. The normalized spacial score (nSPS) is 33.6. The second kappa shape index (κ2) is 6.36. The van der Waals surface area contributed by atoms with Crippen LogP contribution >= 0.6 is 0 Å². The van der Waals surface area contributed by atoms with Crippen LogP contribution in [0.4, 0.5) is 0 Å². The van der Waals surface area contributed by atoms with Crippen LogP contribution in [0.2, 0.25) is 0 Å². The number of carbonyl (C=O) groups is 1. The molecular weight excluding hydrogens is 218 g/mol. The number of hydrogen-bond acceptors (Lipinski definition) is 4. The molecule has 1 heterocycles. The quantitative estimate of drug-likeness (QED) is 0.760. The van der Waals surface area contributed by atoms with Crippen LogP contribution in [0.3, 0.4) is 0 Å². The lowest BCUT2D eigenvalue weighted by atomic mass is 9.94. The van der Waals surface area contributed by atoms with E-state index in [2.05, 4.69) is 5.32 Å². The summed E-state index contributed by atoms with van der Waals surface area (Å²) >= 11 is 0. The van der Waals surface area contributed by atoms with Crippen molar-refractivity contribution in [1.29, 1.82) is 0 Å². The zero-order chi connectivity index (χ0) is 12.1. The van der Waals surface area contributed by atoms with E-state index in [0.29, 0.717) is 18.6 Å². The highest BCUT2D eigenvalue weighted by Gasteiger charge is 2.27. The van der Waals surface area contributed by atoms with Crippen molar-refractivity contribution in [3.05, 3.63) is 0 Å². The topological polar surface area (TPSA) is 47.6 Å². The number of rotatable bonds is 4. The van der Waals surface area contributed by atoms with E-state index < -0.39 is 0 Å². The van der Waals surface area contributed by atoms with E-state index in [0.717, 1.165) is 45.2 Å². The highest BCUT2D eigenvalue weighted by molar-refractivity contribution is 5.69. The molecule has 0 aromatic heterocycles. The molecule has 0 aromatic rings. The van der Waals surface area contributed by atoms with Crippen LogP contribution < -0.4 is 5.32 Å². The van der Waals surface area contributed by atoms with Gasteiger partial charge in [-0.05, 0) is 38.6 Å². The van der Waals surface area contributed by atoms with Crippen molar-refractivity contribution < 1.29 is 14.3 Å². The van der Waals surface area contributed by atoms with Crippen molar-refractivity contribution in [1.82, 2.24) is 5.32 Å². The third-order valence-corrected chi connectivity index (χ3v) is 3.61. The summed E-state index contributed by atoms with van der Waals surface area (Å²) in [5, 5.41) is 3.31. The molecule has 1 saturated heterocycles. The summed E-state index contributed by atoms with van der Waals surface area (Å²) in [6, 6.07) is 0. The number of nitrogens with one attached hydrogen (secondary N) is 1. The standard InChI is InChI=1S/C13H23NO3/c1-2-13(15)17-11-5-3-10(4-6-11)16-12-7-8-14-9-12/h10-12,14H,2-9H2,1H3/t10?,11?,12-/m1/s1. The van der Waals surface area contributed by atoms with Gasteiger partial charge in [-0.1, -0.05) is 6.92 Å². The Bertz CT molecular complexity index is 243. The van der Waals surface area contributed by atoms with Gasteiger partial charge in [0.2, 0.25) is 0 Å². The van der Waals surface area contributed by atoms with E-state index in [-0.39, 0.29) is 12.1 Å². The molecule has 1 aliphatic heterocycles. The molecule has 1 aliphatic carbocycles. The predicted molar refractivity (Wildman–Crippen MR) is 64.8 cm³/mol. The Hall–Kier alpha value is -0.610. The van der Waals surface area contributed by atoms with Gasteiger partial charge in [-0.15, -0.1) is 0 Å². The van der Waals surface area contributed by atoms with Crippen molar-refractivity contribution >= 4 is 5.97 Å². The third kappa shape index (κ3) is 3.96. The molecule has 0 aromatic carbocycles. The maximum absolute atomic E-state index is 11.2. The van der Waals surface area contributed by atoms with E-state index in [9.17, 15) is 4.79 Å². The first-order valence-corrected chi connectivity index (χ1v) is 6.83. The maximum atomic E-state index is 11.2. The molecule has 0 spiro atoms. The molecule has 1 saturated carbocycles. The van der Waals surface area contributed by atoms with Crippen molar-refractivity contribution in [2.75, 3.05) is 13.1 Å². The minimum Gasteiger partial charge on any atom is -0.462 e. The minimum atomic E-state index is -0.0747. The van der Waals surface area contributed by atoms with Crippen molar-refractivity contribution in [3.8, 4) is 0 Å². The Balaban J connectivity index is 1.65. The molecule has 2 aliphatic rings. The zero-order valence-electron chi connectivity index (χ0n) is 10.6. The van der Waals surface area contributed by atoms with Crippen LogP contribution in [0.5, 0.6) is 0 Å². The van der Waals surface area contributed by atoms with Gasteiger partial charge in [-0.3, -0.25) is 4.79 Å². The first kappa shape index (κ1) is 12.8. The Morgan fingerprint density at radius 3 is 2.41 bits per heavy atom. The summed E-state index contributed by atoms with van der Waals surface area (Å²) in [4.78, 5) is 11.2. The van der Waals surface area contributed by atoms with Gasteiger partial charge in [-0.2, -0.15) is 0 Å². The monoisotopic (exact) mass is 241 g/mol. The smallest absolute Gasteiger partial charge is 0.305 e. The molecule has 1 N–H and O–H groups in total. The van der Waals surface area contributed by atoms with Gasteiger partial charge in [0, 0.05) is 13.0 Å². The first-order valence-electron chi connectivity index (χ1n) is 6.83. The molecule has 2 fully saturated rings. The molecule has 4 nitrogen and oxygen atoms in total. The number of esters is 1. The molecule has 2 rings (SSSR count). The molecule has 0 unspecified atom stereocenters. The lowest BCUT2D eigenvalue weighted by Gasteiger charge is -2.30. The van der Waals surface area contributed by atoms with Crippen molar-refractivity contribution in [2.45, 2.75) is 63.8 Å². The summed E-state index contributed by atoms with van der Waals surface area (Å²) in [5.74, 6) is -0.0747. The van der Waals surface area contributed by atoms with Crippen LogP contribution in [0.1, 0.15) is 45.4 Å². The lowest BCUT2D eigenvalue weighted by Crippen LogP contribution is -2.31. The van der Waals surface area contributed by atoms with Crippen LogP contribution in [-0.2, 0) is 14.3 Å². The molecule has 98 valence electrons. The van der Waals surface area contributed by atoms with E-state index >= 15 is 0 Å². The van der Waals surface area contributed by atoms with Crippen LogP contribution in [0.15, 0.2) is 0 Å². The minimum absolute atomic E-state index is 0.0747. The van der Waals surface area contributed by atoms with Gasteiger partial charge in [-0.25, -0.2) is 0 Å². The fourth-order valence-electron chi connectivity index (χ4n) is 2.57. The van der Waals surface area contributed by atoms with Crippen LogP contribution in [0, 0.1) is 0 Å². The molecule has 0 radical (unpaired) electrons. The molecule has 17 heavy (non-hydrogen) atoms. The van der Waals surface area contributed by atoms with Gasteiger partial charge in [0.05, 0.1) is 12.2 Å². The van der Waals surface area contributed by atoms with Gasteiger partial charge >= 0.3 is 5.97 Å². The summed E-state index contributed by atoms with van der Waals surface area (Å²) in [6.45, 7) is 3.91. The zero-order valence-corrected chi connectivity index (χ0v) is 10.6. The highest BCUT2D eigenvalue weighted by Crippen LogP contribution is 2.25. The lowest BCUT2D eigenvalue weighted by molar-refractivity contribution is -0.152. The second-order valence-electron chi connectivity index (χ2n) is 4.99. The Morgan fingerprint density at radius 2 is 1.82 bits per heavy atom. The predicted octanol–water partition coefficient (Wildman–Crippen LogP) is 1.63. The fraction of sp³-hybridized carbons (Fsp3) is 0.923. The maximum Gasteiger partial charge on any atom is 0.305 e. The largest absolute Gasteiger partial charge is 0.462 e. The van der Waals surface area contributed by atoms with E-state index in [4.69, 9.17) is 9.47 Å². The summed E-state index contributed by atoms with van der Waals surface area (Å²) in [6.07, 6.45) is 6.47. The van der Waals surface area contributed by atoms with E-state index in [1.165, 1.54) is 0 Å². The molecule has 0 amide bonds. The summed E-state index contributed by atoms with van der Waals surface area (Å²) in [7, 11) is 0. The SMILES string of the molecule is CCC(=O)OC1CCC(O[C@@H]2CCNC2)CC1. The third-order valence-electron chi connectivity index (χ3n) is 3.61. The summed E-state index contributed by atoms with van der Waals surface area (Å²) in [5.41, 5.74) is 0. The fourth-order valence-corrected chi connectivity index (χ4v) is 2.57.